The molecule has 1 heterocycles. The third-order valence-electron chi connectivity index (χ3n) is 4.18. The first-order valence-corrected chi connectivity index (χ1v) is 9.48. The van der Waals surface area contributed by atoms with Crippen LogP contribution in [-0.4, -0.2) is 29.8 Å². The van der Waals surface area contributed by atoms with Gasteiger partial charge in [0.05, 0.1) is 17.1 Å². The maximum atomic E-state index is 12.9. The molecule has 6 nitrogen and oxygen atoms in total. The normalized spacial score (nSPS) is 11.8. The highest BCUT2D eigenvalue weighted by Crippen LogP contribution is 2.35. The number of hydrogen-bond donors (Lipinski definition) is 2. The van der Waals surface area contributed by atoms with Crippen molar-refractivity contribution in [3.63, 3.8) is 0 Å². The second-order valence-corrected chi connectivity index (χ2v) is 6.65. The molecule has 0 atom stereocenters. The van der Waals surface area contributed by atoms with Crippen molar-refractivity contribution < 1.29 is 27.2 Å². The Morgan fingerprint density at radius 2 is 1.83 bits per heavy atom. The molecule has 0 unspecified atom stereocenters. The van der Waals surface area contributed by atoms with Crippen molar-refractivity contribution in [2.45, 2.75) is 26.6 Å². The number of rotatable bonds is 7. The molecule has 2 aromatic rings. The number of benzene rings is 1. The van der Waals surface area contributed by atoms with E-state index in [0.29, 0.717) is 12.3 Å². The third-order valence-corrected chi connectivity index (χ3v) is 4.51. The van der Waals surface area contributed by atoms with Gasteiger partial charge in [-0.15, -0.1) is 0 Å². The molecule has 0 saturated heterocycles. The van der Waals surface area contributed by atoms with E-state index in [2.05, 4.69) is 15.8 Å². The summed E-state index contributed by atoms with van der Waals surface area (Å²) >= 11 is 5.55. The first-order chi connectivity index (χ1) is 14.1. The Morgan fingerprint density at radius 1 is 1.13 bits per heavy atom. The fourth-order valence-electron chi connectivity index (χ4n) is 2.51. The molecule has 0 aliphatic heterocycles. The van der Waals surface area contributed by atoms with Gasteiger partial charge in [0.2, 0.25) is 0 Å². The zero-order valence-corrected chi connectivity index (χ0v) is 17.1. The summed E-state index contributed by atoms with van der Waals surface area (Å²) in [6.07, 6.45) is -2.45. The van der Waals surface area contributed by atoms with Crippen molar-refractivity contribution in [1.82, 2.24) is 15.8 Å². The lowest BCUT2D eigenvalue weighted by Gasteiger charge is -2.15. The molecule has 162 valence electrons. The van der Waals surface area contributed by atoms with Crippen LogP contribution in [0.2, 0.25) is 5.02 Å². The lowest BCUT2D eigenvalue weighted by Crippen LogP contribution is -2.40. The Hall–Kier alpha value is -2.78. The first kappa shape index (κ1) is 23.5. The summed E-state index contributed by atoms with van der Waals surface area (Å²) in [4.78, 5) is 26.0. The van der Waals surface area contributed by atoms with Gasteiger partial charge in [0, 0.05) is 6.08 Å². The van der Waals surface area contributed by atoms with Gasteiger partial charge >= 0.3 is 12.1 Å². The number of amides is 2. The average molecular weight is 444 g/mol. The largest absolute Gasteiger partial charge is 0.454 e. The van der Waals surface area contributed by atoms with E-state index >= 15 is 0 Å². The average Bonchev–Trinajstić information content (AvgIpc) is 3.17. The molecule has 0 bridgehead atoms. The summed E-state index contributed by atoms with van der Waals surface area (Å²) in [6, 6.07) is 6.41. The fraction of sp³-hybridized carbons (Fsp3) is 0.300. The highest BCUT2D eigenvalue weighted by atomic mass is 35.5. The number of carbonyl (C=O) groups excluding carboxylic acids is 2. The lowest BCUT2D eigenvalue weighted by molar-refractivity contribution is -0.137. The minimum atomic E-state index is -4.61. The number of furan rings is 1. The zero-order valence-electron chi connectivity index (χ0n) is 16.3. The van der Waals surface area contributed by atoms with Crippen molar-refractivity contribution in [2.24, 2.45) is 0 Å². The predicted molar refractivity (Wildman–Crippen MR) is 106 cm³/mol. The van der Waals surface area contributed by atoms with Crippen LogP contribution < -0.4 is 10.9 Å². The molecule has 0 radical (unpaired) electrons. The molecule has 2 N–H and O–H groups in total. The van der Waals surface area contributed by atoms with E-state index < -0.39 is 28.6 Å². The molecule has 10 heteroatoms. The van der Waals surface area contributed by atoms with Crippen LogP contribution in [-0.2, 0) is 17.5 Å². The minimum Gasteiger partial charge on any atom is -0.454 e. The number of hydrazine groups is 1. The molecule has 0 aliphatic carbocycles. The Bertz CT molecular complexity index is 922. The summed E-state index contributed by atoms with van der Waals surface area (Å²) in [6.45, 7) is 6.24. The molecule has 0 aliphatic rings. The molecule has 1 aromatic heterocycles. The first-order valence-electron chi connectivity index (χ1n) is 9.10. The quantitative estimate of drug-likeness (QED) is 0.495. The van der Waals surface area contributed by atoms with Crippen molar-refractivity contribution in [1.29, 1.82) is 0 Å². The molecule has 0 spiro atoms. The van der Waals surface area contributed by atoms with Gasteiger partial charge in [0.15, 0.2) is 5.76 Å². The topological polar surface area (TPSA) is 74.6 Å². The van der Waals surface area contributed by atoms with Crippen molar-refractivity contribution in [3.8, 4) is 0 Å². The predicted octanol–water partition coefficient (Wildman–Crippen LogP) is 4.27. The number of hydrogen-bond acceptors (Lipinski definition) is 4. The van der Waals surface area contributed by atoms with Crippen LogP contribution in [0.1, 0.15) is 41.3 Å². The summed E-state index contributed by atoms with van der Waals surface area (Å²) in [5.74, 6) is -0.762. The third kappa shape index (κ3) is 6.64. The van der Waals surface area contributed by atoms with Crippen LogP contribution in [0.3, 0.4) is 0 Å². The van der Waals surface area contributed by atoms with E-state index in [1.165, 1.54) is 18.2 Å². The van der Waals surface area contributed by atoms with Crippen LogP contribution in [0.25, 0.3) is 6.08 Å². The van der Waals surface area contributed by atoms with Gasteiger partial charge in [-0.05, 0) is 49.0 Å². The molecule has 2 amide bonds. The molecular weight excluding hydrogens is 423 g/mol. The van der Waals surface area contributed by atoms with Gasteiger partial charge in [-0.25, -0.2) is 0 Å². The van der Waals surface area contributed by atoms with E-state index in [1.54, 1.807) is 6.07 Å². The van der Waals surface area contributed by atoms with E-state index in [0.717, 1.165) is 31.3 Å². The molecule has 2 rings (SSSR count). The smallest absolute Gasteiger partial charge is 0.417 e. The number of nitrogens with one attached hydrogen (secondary N) is 2. The lowest BCUT2D eigenvalue weighted by atomic mass is 10.1. The van der Waals surface area contributed by atoms with Gasteiger partial charge in [-0.2, -0.15) is 13.2 Å². The summed E-state index contributed by atoms with van der Waals surface area (Å²) in [5.41, 5.74) is 3.44. The van der Waals surface area contributed by atoms with Crippen molar-refractivity contribution >= 4 is 29.5 Å². The van der Waals surface area contributed by atoms with Gasteiger partial charge in [-0.1, -0.05) is 31.5 Å². The Balaban J connectivity index is 1.92. The zero-order chi connectivity index (χ0) is 22.3. The molecule has 30 heavy (non-hydrogen) atoms. The van der Waals surface area contributed by atoms with Crippen LogP contribution >= 0.6 is 11.6 Å². The standard InChI is InChI=1S/C20H21ClF3N3O3/c1-3-27(4-2)12-14-7-9-17(30-14)19(29)26-25-18(28)10-6-13-5-8-16(21)15(11-13)20(22,23)24/h5-11H,3-4,12H2,1-2H3,(H,25,28)(H,26,29)/b10-6+. The van der Waals surface area contributed by atoms with Gasteiger partial charge in [0.1, 0.15) is 5.76 Å². The maximum absolute atomic E-state index is 12.9. The Kier molecular flexibility index (Phi) is 8.08. The van der Waals surface area contributed by atoms with Crippen LogP contribution in [0.4, 0.5) is 13.2 Å². The monoisotopic (exact) mass is 443 g/mol. The minimum absolute atomic E-state index is 0.0222. The van der Waals surface area contributed by atoms with Crippen LogP contribution in [0.5, 0.6) is 0 Å². The van der Waals surface area contributed by atoms with E-state index in [1.807, 2.05) is 13.8 Å². The van der Waals surface area contributed by atoms with Crippen LogP contribution in [0, 0.1) is 0 Å². The number of alkyl halides is 3. The summed E-state index contributed by atoms with van der Waals surface area (Å²) in [7, 11) is 0. The molecular formula is C20H21ClF3N3O3. The molecule has 0 saturated carbocycles. The number of halogens is 4. The van der Waals surface area contributed by atoms with E-state index in [9.17, 15) is 22.8 Å². The van der Waals surface area contributed by atoms with E-state index in [-0.39, 0.29) is 11.3 Å². The number of nitrogens with zero attached hydrogens (tertiary/aromatic N) is 1. The van der Waals surface area contributed by atoms with Gasteiger partial charge in [0.25, 0.3) is 5.91 Å². The van der Waals surface area contributed by atoms with Gasteiger partial charge < -0.3 is 4.42 Å². The van der Waals surface area contributed by atoms with Crippen molar-refractivity contribution in [2.75, 3.05) is 13.1 Å². The Labute approximate surface area is 176 Å². The second-order valence-electron chi connectivity index (χ2n) is 6.24. The molecule has 1 aromatic carbocycles. The maximum Gasteiger partial charge on any atom is 0.417 e. The van der Waals surface area contributed by atoms with Crippen LogP contribution in [0.15, 0.2) is 40.8 Å². The number of carbonyl (C=O) groups is 2. The van der Waals surface area contributed by atoms with Crippen molar-refractivity contribution in [3.05, 3.63) is 64.1 Å². The van der Waals surface area contributed by atoms with Gasteiger partial charge in [-0.3, -0.25) is 25.3 Å². The highest BCUT2D eigenvalue weighted by Gasteiger charge is 2.33. The fourth-order valence-corrected chi connectivity index (χ4v) is 2.73. The summed E-state index contributed by atoms with van der Waals surface area (Å²) in [5, 5.41) is -0.435. The SMILES string of the molecule is CCN(CC)Cc1ccc(C(=O)NNC(=O)/C=C/c2ccc(Cl)c(C(F)(F)F)c2)o1. The molecule has 0 fully saturated rings. The van der Waals surface area contributed by atoms with E-state index in [4.69, 9.17) is 16.0 Å². The second kappa shape index (κ2) is 10.3. The summed E-state index contributed by atoms with van der Waals surface area (Å²) < 4.78 is 44.0. The Morgan fingerprint density at radius 3 is 2.47 bits per heavy atom. The highest BCUT2D eigenvalue weighted by molar-refractivity contribution is 6.31.